The summed E-state index contributed by atoms with van der Waals surface area (Å²) >= 11 is 0. The largest absolute Gasteiger partial charge is 0.411 e. The summed E-state index contributed by atoms with van der Waals surface area (Å²) in [4.78, 5) is 4.33. The molecule has 0 unspecified atom stereocenters. The molecule has 0 amide bonds. The summed E-state index contributed by atoms with van der Waals surface area (Å²) in [7, 11) is 0. The molecule has 0 saturated carbocycles. The lowest BCUT2D eigenvalue weighted by atomic mass is 9.95. The maximum Gasteiger partial charge on any atom is 0.131 e. The third-order valence-corrected chi connectivity index (χ3v) is 2.51. The quantitative estimate of drug-likeness (QED) is 0.382. The zero-order valence-electron chi connectivity index (χ0n) is 9.24. The molecule has 80 valence electrons. The Kier molecular flexibility index (Phi) is 2.41. The second-order valence-corrected chi connectivity index (χ2v) is 4.51. The van der Waals surface area contributed by atoms with E-state index in [4.69, 9.17) is 5.21 Å². The number of oxime groups is 1. The Morgan fingerprint density at radius 1 is 1.36 bits per heavy atom. The van der Waals surface area contributed by atoms with Crippen molar-refractivity contribution in [3.8, 4) is 0 Å². The van der Waals surface area contributed by atoms with Gasteiger partial charge in [0.05, 0.1) is 17.0 Å². The van der Waals surface area contributed by atoms with Crippen molar-refractivity contribution in [2.24, 2.45) is 10.1 Å². The predicted molar refractivity (Wildman–Crippen MR) is 54.1 cm³/mol. The minimum absolute atomic E-state index is 0.430. The molecule has 2 N–H and O–H groups in total. The van der Waals surface area contributed by atoms with Gasteiger partial charge in [-0.3, -0.25) is 4.99 Å². The molecule has 0 aromatic carbocycles. The first kappa shape index (κ1) is 11.1. The van der Waals surface area contributed by atoms with Gasteiger partial charge in [0.15, 0.2) is 0 Å². The van der Waals surface area contributed by atoms with Crippen molar-refractivity contribution in [2.75, 3.05) is 0 Å². The zero-order valence-corrected chi connectivity index (χ0v) is 9.24. The van der Waals surface area contributed by atoms with Crippen molar-refractivity contribution in [1.29, 1.82) is 0 Å². The van der Waals surface area contributed by atoms with Crippen LogP contribution < -0.4 is 0 Å². The number of hydrogen-bond donors (Lipinski definition) is 2. The fourth-order valence-electron chi connectivity index (χ4n) is 1.81. The maximum absolute atomic E-state index is 9.88. The van der Waals surface area contributed by atoms with E-state index in [0.717, 1.165) is 0 Å². The van der Waals surface area contributed by atoms with E-state index in [2.05, 4.69) is 10.1 Å². The van der Waals surface area contributed by atoms with E-state index < -0.39 is 11.2 Å². The zero-order chi connectivity index (χ0) is 11.1. The lowest BCUT2D eigenvalue weighted by Gasteiger charge is -2.33. The van der Waals surface area contributed by atoms with E-state index in [0.29, 0.717) is 11.4 Å². The van der Waals surface area contributed by atoms with Crippen molar-refractivity contribution in [1.82, 2.24) is 5.06 Å². The van der Waals surface area contributed by atoms with Crippen molar-refractivity contribution < 1.29 is 10.4 Å². The fourth-order valence-corrected chi connectivity index (χ4v) is 1.81. The highest BCUT2D eigenvalue weighted by Gasteiger charge is 2.48. The van der Waals surface area contributed by atoms with Crippen LogP contribution in [0.1, 0.15) is 34.6 Å². The topological polar surface area (TPSA) is 68.4 Å². The smallest absolute Gasteiger partial charge is 0.131 e. The van der Waals surface area contributed by atoms with Crippen molar-refractivity contribution in [3.63, 3.8) is 0 Å². The van der Waals surface area contributed by atoms with Crippen LogP contribution >= 0.6 is 0 Å². The van der Waals surface area contributed by atoms with Gasteiger partial charge in [0.25, 0.3) is 0 Å². The van der Waals surface area contributed by atoms with Crippen molar-refractivity contribution in [3.05, 3.63) is 0 Å². The van der Waals surface area contributed by atoms with Crippen LogP contribution in [0.25, 0.3) is 0 Å². The highest BCUT2D eigenvalue weighted by Crippen LogP contribution is 2.33. The molecular weight excluding hydrogens is 182 g/mol. The van der Waals surface area contributed by atoms with Gasteiger partial charge in [0, 0.05) is 0 Å². The van der Waals surface area contributed by atoms with Crippen LogP contribution in [0.2, 0.25) is 0 Å². The Balaban J connectivity index is 3.20. The minimum atomic E-state index is -0.676. The molecule has 1 aliphatic heterocycles. The van der Waals surface area contributed by atoms with Gasteiger partial charge < -0.3 is 10.4 Å². The number of nitrogens with zero attached hydrogens (tertiary/aromatic N) is 3. The summed E-state index contributed by atoms with van der Waals surface area (Å²) in [5, 5.41) is 22.9. The van der Waals surface area contributed by atoms with E-state index in [-0.39, 0.29) is 0 Å². The lowest BCUT2D eigenvalue weighted by Crippen LogP contribution is -2.51. The molecule has 5 nitrogen and oxygen atoms in total. The highest BCUT2D eigenvalue weighted by molar-refractivity contribution is 6.44. The summed E-state index contributed by atoms with van der Waals surface area (Å²) in [6.07, 6.45) is 0. The lowest BCUT2D eigenvalue weighted by molar-refractivity contribution is -0.187. The Bertz CT molecular complexity index is 305. The molecule has 0 radical (unpaired) electrons. The van der Waals surface area contributed by atoms with E-state index in [9.17, 15) is 5.21 Å². The van der Waals surface area contributed by atoms with Gasteiger partial charge in [-0.15, -0.1) is 0 Å². The van der Waals surface area contributed by atoms with Crippen molar-refractivity contribution in [2.45, 2.75) is 45.8 Å². The number of aliphatic imine (C=N–C) groups is 1. The third-order valence-electron chi connectivity index (χ3n) is 2.51. The first-order valence-electron chi connectivity index (χ1n) is 4.52. The molecule has 0 aromatic rings. The van der Waals surface area contributed by atoms with Gasteiger partial charge in [-0.2, -0.15) is 5.06 Å². The molecule has 0 aromatic heterocycles. The first-order valence-corrected chi connectivity index (χ1v) is 4.52. The normalized spacial score (nSPS) is 26.4. The Morgan fingerprint density at radius 3 is 2.14 bits per heavy atom. The number of hydroxylamine groups is 2. The van der Waals surface area contributed by atoms with E-state index >= 15 is 0 Å². The Hall–Kier alpha value is -0.940. The summed E-state index contributed by atoms with van der Waals surface area (Å²) in [6.45, 7) is 8.92. The molecule has 5 heteroatoms. The molecule has 0 spiro atoms. The molecule has 0 aliphatic carbocycles. The molecule has 0 atom stereocenters. The van der Waals surface area contributed by atoms with Crippen LogP contribution in [-0.4, -0.2) is 38.1 Å². The average Bonchev–Trinajstić information content (AvgIpc) is 2.25. The average molecular weight is 199 g/mol. The van der Waals surface area contributed by atoms with E-state index in [1.807, 2.05) is 13.8 Å². The van der Waals surface area contributed by atoms with Gasteiger partial charge in [0.1, 0.15) is 5.66 Å². The molecular formula is C9H17N3O2. The second kappa shape index (κ2) is 3.03. The standard InChI is InChI=1S/C9H17N3O2/c1-6(11-13)7-8(2,3)12(14)9(4,5)10-7/h13-14H,1-5H3/b11-6+. The summed E-state index contributed by atoms with van der Waals surface area (Å²) in [6, 6.07) is 0. The van der Waals surface area contributed by atoms with E-state index in [1.165, 1.54) is 5.06 Å². The van der Waals surface area contributed by atoms with Gasteiger partial charge in [-0.1, -0.05) is 5.16 Å². The molecule has 0 saturated heterocycles. The SMILES string of the molecule is C/C(=N\O)C1=NC(C)(C)N(O)C1(C)C. The van der Waals surface area contributed by atoms with E-state index in [1.54, 1.807) is 20.8 Å². The molecule has 0 bridgehead atoms. The fraction of sp³-hybridized carbons (Fsp3) is 0.778. The highest BCUT2D eigenvalue weighted by atomic mass is 16.5. The van der Waals surface area contributed by atoms with Crippen molar-refractivity contribution >= 4 is 11.4 Å². The summed E-state index contributed by atoms with van der Waals surface area (Å²) in [5.41, 5.74) is -0.267. The minimum Gasteiger partial charge on any atom is -0.411 e. The first-order chi connectivity index (χ1) is 6.23. The van der Waals surface area contributed by atoms with Crippen LogP contribution in [0.4, 0.5) is 0 Å². The monoisotopic (exact) mass is 199 g/mol. The van der Waals surface area contributed by atoms with Crippen LogP contribution in [0.5, 0.6) is 0 Å². The predicted octanol–water partition coefficient (Wildman–Crippen LogP) is 1.50. The number of rotatable bonds is 1. The van der Waals surface area contributed by atoms with Gasteiger partial charge in [-0.25, -0.2) is 0 Å². The molecule has 1 aliphatic rings. The van der Waals surface area contributed by atoms with Gasteiger partial charge >= 0.3 is 0 Å². The van der Waals surface area contributed by atoms with Crippen LogP contribution in [0.15, 0.2) is 10.1 Å². The molecule has 0 fully saturated rings. The summed E-state index contributed by atoms with van der Waals surface area (Å²) < 4.78 is 0. The van der Waals surface area contributed by atoms with Gasteiger partial charge in [-0.05, 0) is 34.6 Å². The van der Waals surface area contributed by atoms with Crippen LogP contribution in [0.3, 0.4) is 0 Å². The van der Waals surface area contributed by atoms with Crippen LogP contribution in [0, 0.1) is 0 Å². The Morgan fingerprint density at radius 2 is 1.86 bits per heavy atom. The number of hydrogen-bond acceptors (Lipinski definition) is 5. The Labute approximate surface area is 83.7 Å². The third kappa shape index (κ3) is 1.42. The maximum atomic E-state index is 9.88. The second-order valence-electron chi connectivity index (χ2n) is 4.51. The summed E-state index contributed by atoms with van der Waals surface area (Å²) in [5.74, 6) is 0. The van der Waals surface area contributed by atoms with Gasteiger partial charge in [0.2, 0.25) is 0 Å². The van der Waals surface area contributed by atoms with Crippen LogP contribution in [-0.2, 0) is 0 Å². The molecule has 14 heavy (non-hydrogen) atoms. The molecule has 1 rings (SSSR count). The molecule has 1 heterocycles.